The number of hydrogen-bond donors (Lipinski definition) is 2. The molecule has 126 valence electrons. The zero-order chi connectivity index (χ0) is 17.7. The van der Waals surface area contributed by atoms with E-state index in [2.05, 4.69) is 31.6 Å². The lowest BCUT2D eigenvalue weighted by molar-refractivity contribution is -0.121. The summed E-state index contributed by atoms with van der Waals surface area (Å²) < 4.78 is 12.8. The van der Waals surface area contributed by atoms with Crippen LogP contribution in [0.5, 0.6) is 0 Å². The van der Waals surface area contributed by atoms with Crippen molar-refractivity contribution in [2.75, 3.05) is 0 Å². The lowest BCUT2D eigenvalue weighted by Gasteiger charge is -2.19. The Bertz CT molecular complexity index is 717. The van der Waals surface area contributed by atoms with Gasteiger partial charge in [0.2, 0.25) is 5.91 Å². The second-order valence-electron chi connectivity index (χ2n) is 6.63. The number of amides is 2. The van der Waals surface area contributed by atoms with Gasteiger partial charge in [-0.3, -0.25) is 20.4 Å². The van der Waals surface area contributed by atoms with E-state index >= 15 is 0 Å². The molecule has 0 aliphatic carbocycles. The smallest absolute Gasteiger partial charge is 0.269 e. The Morgan fingerprint density at radius 2 is 1.50 bits per heavy atom. The van der Waals surface area contributed by atoms with E-state index in [4.69, 9.17) is 0 Å². The molecule has 0 radical (unpaired) electrons. The van der Waals surface area contributed by atoms with Gasteiger partial charge >= 0.3 is 0 Å². The Morgan fingerprint density at radius 1 is 0.917 bits per heavy atom. The van der Waals surface area contributed by atoms with Crippen LogP contribution in [0.3, 0.4) is 0 Å². The van der Waals surface area contributed by atoms with Gasteiger partial charge in [-0.15, -0.1) is 0 Å². The van der Waals surface area contributed by atoms with Crippen molar-refractivity contribution < 1.29 is 14.0 Å². The van der Waals surface area contributed by atoms with Crippen molar-refractivity contribution >= 4 is 11.8 Å². The molecule has 0 aromatic heterocycles. The van der Waals surface area contributed by atoms with Crippen LogP contribution in [0, 0.1) is 5.82 Å². The minimum absolute atomic E-state index is 0.0123. The number of benzene rings is 2. The summed E-state index contributed by atoms with van der Waals surface area (Å²) >= 11 is 0. The molecule has 0 atom stereocenters. The number of carbonyl (C=O) groups excluding carboxylic acids is 2. The zero-order valence-corrected chi connectivity index (χ0v) is 14.0. The molecule has 0 bridgehead atoms. The van der Waals surface area contributed by atoms with E-state index in [-0.39, 0.29) is 29.5 Å². The maximum atomic E-state index is 12.8. The first kappa shape index (κ1) is 17.7. The maximum Gasteiger partial charge on any atom is 0.269 e. The molecule has 0 saturated carbocycles. The van der Waals surface area contributed by atoms with E-state index in [9.17, 15) is 14.0 Å². The van der Waals surface area contributed by atoms with Gasteiger partial charge in [0.1, 0.15) is 5.82 Å². The van der Waals surface area contributed by atoms with Crippen LogP contribution in [-0.2, 0) is 16.6 Å². The molecule has 2 aromatic rings. The van der Waals surface area contributed by atoms with Crippen LogP contribution >= 0.6 is 0 Å². The number of carbonyl (C=O) groups is 2. The molecule has 4 nitrogen and oxygen atoms in total. The minimum atomic E-state index is -0.386. The number of halogens is 1. The highest BCUT2D eigenvalue weighted by Crippen LogP contribution is 2.22. The number of hydrazine groups is 1. The van der Waals surface area contributed by atoms with Gasteiger partial charge < -0.3 is 0 Å². The fourth-order valence-corrected chi connectivity index (χ4v) is 2.15. The third-order valence-electron chi connectivity index (χ3n) is 3.61. The van der Waals surface area contributed by atoms with Crippen molar-refractivity contribution in [3.05, 3.63) is 71.0 Å². The van der Waals surface area contributed by atoms with E-state index in [0.29, 0.717) is 11.1 Å². The van der Waals surface area contributed by atoms with Gasteiger partial charge in [-0.05, 0) is 40.8 Å². The molecule has 5 heteroatoms. The Kier molecular flexibility index (Phi) is 5.34. The molecule has 0 fully saturated rings. The molecule has 2 amide bonds. The summed E-state index contributed by atoms with van der Waals surface area (Å²) in [6.07, 6.45) is 0.0590. The van der Waals surface area contributed by atoms with Crippen LogP contribution in [0.25, 0.3) is 0 Å². The number of nitrogens with one attached hydrogen (secondary N) is 2. The monoisotopic (exact) mass is 328 g/mol. The SMILES string of the molecule is CC(C)(C)c1ccc(C(=O)NNC(=O)Cc2ccc(F)cc2)cc1. The molecule has 0 aliphatic rings. The van der Waals surface area contributed by atoms with E-state index < -0.39 is 0 Å². The number of rotatable bonds is 3. The fourth-order valence-electron chi connectivity index (χ4n) is 2.15. The third-order valence-corrected chi connectivity index (χ3v) is 3.61. The fraction of sp³-hybridized carbons (Fsp3) is 0.263. The molecule has 2 rings (SSSR count). The van der Waals surface area contributed by atoms with E-state index in [1.165, 1.54) is 24.3 Å². The van der Waals surface area contributed by atoms with E-state index in [1.807, 2.05) is 12.1 Å². The molecule has 0 heterocycles. The Hall–Kier alpha value is -2.69. The highest BCUT2D eigenvalue weighted by atomic mass is 19.1. The topological polar surface area (TPSA) is 58.2 Å². The van der Waals surface area contributed by atoms with Crippen molar-refractivity contribution in [3.8, 4) is 0 Å². The van der Waals surface area contributed by atoms with E-state index in [1.54, 1.807) is 12.1 Å². The van der Waals surface area contributed by atoms with Crippen molar-refractivity contribution in [2.45, 2.75) is 32.6 Å². The summed E-state index contributed by atoms with van der Waals surface area (Å²) in [4.78, 5) is 23.8. The van der Waals surface area contributed by atoms with E-state index in [0.717, 1.165) is 5.56 Å². The first-order chi connectivity index (χ1) is 11.3. The highest BCUT2D eigenvalue weighted by Gasteiger charge is 2.14. The van der Waals surface area contributed by atoms with Gasteiger partial charge in [-0.1, -0.05) is 45.0 Å². The Labute approximate surface area is 141 Å². The molecule has 24 heavy (non-hydrogen) atoms. The Morgan fingerprint density at radius 3 is 2.04 bits per heavy atom. The van der Waals surface area contributed by atoms with Crippen molar-refractivity contribution in [1.82, 2.24) is 10.9 Å². The van der Waals surface area contributed by atoms with Gasteiger partial charge in [0.15, 0.2) is 0 Å². The van der Waals surface area contributed by atoms with Gasteiger partial charge in [-0.25, -0.2) is 4.39 Å². The first-order valence-corrected chi connectivity index (χ1v) is 7.70. The molecule has 0 aliphatic heterocycles. The van der Waals surface area contributed by atoms with Gasteiger partial charge in [0.05, 0.1) is 6.42 Å². The van der Waals surface area contributed by atoms with Gasteiger partial charge in [0, 0.05) is 5.56 Å². The van der Waals surface area contributed by atoms with Crippen LogP contribution < -0.4 is 10.9 Å². The van der Waals surface area contributed by atoms with Crippen molar-refractivity contribution in [2.24, 2.45) is 0 Å². The maximum absolute atomic E-state index is 12.8. The summed E-state index contributed by atoms with van der Waals surface area (Å²) in [6.45, 7) is 6.28. The summed E-state index contributed by atoms with van der Waals surface area (Å²) in [5, 5.41) is 0. The average Bonchev–Trinajstić information content (AvgIpc) is 2.54. The highest BCUT2D eigenvalue weighted by molar-refractivity contribution is 5.95. The van der Waals surface area contributed by atoms with Crippen LogP contribution in [0.4, 0.5) is 4.39 Å². The first-order valence-electron chi connectivity index (χ1n) is 7.70. The lowest BCUT2D eigenvalue weighted by atomic mass is 9.87. The molecular weight excluding hydrogens is 307 g/mol. The second-order valence-corrected chi connectivity index (χ2v) is 6.63. The summed E-state index contributed by atoms with van der Waals surface area (Å²) in [5.41, 5.74) is 7.00. The molecule has 0 spiro atoms. The molecule has 0 unspecified atom stereocenters. The summed E-state index contributed by atoms with van der Waals surface area (Å²) in [6, 6.07) is 12.9. The number of hydrogen-bond acceptors (Lipinski definition) is 2. The van der Waals surface area contributed by atoms with Crippen LogP contribution in [-0.4, -0.2) is 11.8 Å². The molecule has 2 aromatic carbocycles. The molecular formula is C19H21FN2O2. The third kappa shape index (κ3) is 4.91. The predicted molar refractivity (Wildman–Crippen MR) is 90.9 cm³/mol. The van der Waals surface area contributed by atoms with Crippen LogP contribution in [0.15, 0.2) is 48.5 Å². The Balaban J connectivity index is 1.88. The normalized spacial score (nSPS) is 11.0. The second kappa shape index (κ2) is 7.25. The summed E-state index contributed by atoms with van der Waals surface area (Å²) in [5.74, 6) is -1.12. The van der Waals surface area contributed by atoms with Crippen LogP contribution in [0.2, 0.25) is 0 Å². The van der Waals surface area contributed by atoms with Gasteiger partial charge in [-0.2, -0.15) is 0 Å². The standard InChI is InChI=1S/C19H21FN2O2/c1-19(2,3)15-8-6-14(7-9-15)18(24)22-21-17(23)12-13-4-10-16(20)11-5-13/h4-11H,12H2,1-3H3,(H,21,23)(H,22,24). The van der Waals surface area contributed by atoms with Crippen LogP contribution in [0.1, 0.15) is 42.3 Å². The zero-order valence-electron chi connectivity index (χ0n) is 14.0. The summed E-state index contributed by atoms with van der Waals surface area (Å²) in [7, 11) is 0. The average molecular weight is 328 g/mol. The van der Waals surface area contributed by atoms with Crippen molar-refractivity contribution in [1.29, 1.82) is 0 Å². The molecule has 0 saturated heterocycles. The van der Waals surface area contributed by atoms with Gasteiger partial charge in [0.25, 0.3) is 5.91 Å². The minimum Gasteiger partial charge on any atom is -0.273 e. The van der Waals surface area contributed by atoms with Crippen molar-refractivity contribution in [3.63, 3.8) is 0 Å². The largest absolute Gasteiger partial charge is 0.273 e. The quantitative estimate of drug-likeness (QED) is 0.851. The predicted octanol–water partition coefficient (Wildman–Crippen LogP) is 3.13. The molecule has 2 N–H and O–H groups in total. The lowest BCUT2D eigenvalue weighted by Crippen LogP contribution is -2.42.